The largest absolute Gasteiger partial charge is 0.448 e. The number of rotatable bonds is 5. The minimum atomic E-state index is -0.702. The average molecular weight is 319 g/mol. The van der Waals surface area contributed by atoms with E-state index in [1.54, 1.807) is 0 Å². The van der Waals surface area contributed by atoms with E-state index in [1.807, 2.05) is 30.3 Å². The molecule has 8 nitrogen and oxygen atoms in total. The van der Waals surface area contributed by atoms with E-state index >= 15 is 0 Å². The summed E-state index contributed by atoms with van der Waals surface area (Å²) in [6.07, 6.45) is -1.07. The summed E-state index contributed by atoms with van der Waals surface area (Å²) in [6.45, 7) is 1.26. The van der Waals surface area contributed by atoms with Gasteiger partial charge in [0.25, 0.3) is 0 Å². The van der Waals surface area contributed by atoms with E-state index in [0.717, 1.165) is 5.56 Å². The molecule has 8 heteroatoms. The summed E-state index contributed by atoms with van der Waals surface area (Å²) in [6, 6.07) is 8.21. The number of β-lactam (4-membered cyclic amide) rings is 1. The minimum absolute atomic E-state index is 0.129. The standard InChI is InChI=1S/C15H17N3O5/c19-13-12(11(16-13)8-18-6-7-22-15(18)21)17-14(20)23-9-10-4-2-1-3-5-10/h1-5,11-12H,6-9H2,(H,16,19)(H,17,20)/t11-,12+/m1/s1. The molecule has 122 valence electrons. The molecule has 2 N–H and O–H groups in total. The molecule has 1 aromatic carbocycles. The van der Waals surface area contributed by atoms with Crippen LogP contribution in [0.15, 0.2) is 30.3 Å². The minimum Gasteiger partial charge on any atom is -0.448 e. The van der Waals surface area contributed by atoms with Gasteiger partial charge in [0.1, 0.15) is 19.3 Å². The monoisotopic (exact) mass is 319 g/mol. The first-order chi connectivity index (χ1) is 11.1. The van der Waals surface area contributed by atoms with Crippen molar-refractivity contribution in [3.05, 3.63) is 35.9 Å². The Labute approximate surface area is 132 Å². The summed E-state index contributed by atoms with van der Waals surface area (Å²) in [5.74, 6) is -0.292. The number of cyclic esters (lactones) is 1. The second-order valence-electron chi connectivity index (χ2n) is 5.36. The van der Waals surface area contributed by atoms with Crippen molar-refractivity contribution in [2.75, 3.05) is 19.7 Å². The number of alkyl carbamates (subject to hydrolysis) is 1. The van der Waals surface area contributed by atoms with Gasteiger partial charge >= 0.3 is 12.2 Å². The number of hydrogen-bond acceptors (Lipinski definition) is 5. The molecule has 3 rings (SSSR count). The first kappa shape index (κ1) is 15.1. The summed E-state index contributed by atoms with van der Waals surface area (Å²) in [5.41, 5.74) is 0.858. The maximum atomic E-state index is 11.8. The summed E-state index contributed by atoms with van der Waals surface area (Å²) in [4.78, 5) is 36.3. The average Bonchev–Trinajstić information content (AvgIpc) is 2.96. The van der Waals surface area contributed by atoms with Crippen molar-refractivity contribution in [2.24, 2.45) is 0 Å². The van der Waals surface area contributed by atoms with Gasteiger partial charge in [-0.05, 0) is 5.56 Å². The van der Waals surface area contributed by atoms with E-state index in [9.17, 15) is 14.4 Å². The Balaban J connectivity index is 1.46. The van der Waals surface area contributed by atoms with Gasteiger partial charge in [-0.25, -0.2) is 9.59 Å². The van der Waals surface area contributed by atoms with Gasteiger partial charge in [-0.1, -0.05) is 30.3 Å². The fourth-order valence-electron chi connectivity index (χ4n) is 2.48. The van der Waals surface area contributed by atoms with Crippen LogP contribution in [0.2, 0.25) is 0 Å². The van der Waals surface area contributed by atoms with Crippen molar-refractivity contribution in [1.82, 2.24) is 15.5 Å². The van der Waals surface area contributed by atoms with Crippen molar-refractivity contribution in [3.63, 3.8) is 0 Å². The van der Waals surface area contributed by atoms with Crippen molar-refractivity contribution in [2.45, 2.75) is 18.7 Å². The van der Waals surface area contributed by atoms with Crippen LogP contribution in [0.1, 0.15) is 5.56 Å². The second-order valence-corrected chi connectivity index (χ2v) is 5.36. The lowest BCUT2D eigenvalue weighted by molar-refractivity contribution is -0.131. The van der Waals surface area contributed by atoms with Gasteiger partial charge in [0.15, 0.2) is 0 Å². The van der Waals surface area contributed by atoms with Crippen LogP contribution >= 0.6 is 0 Å². The molecular weight excluding hydrogens is 302 g/mol. The smallest absolute Gasteiger partial charge is 0.410 e. The predicted octanol–water partition coefficient (Wildman–Crippen LogP) is 0.232. The summed E-state index contributed by atoms with van der Waals surface area (Å²) in [7, 11) is 0. The van der Waals surface area contributed by atoms with Crippen LogP contribution < -0.4 is 10.6 Å². The maximum Gasteiger partial charge on any atom is 0.410 e. The summed E-state index contributed by atoms with van der Waals surface area (Å²) >= 11 is 0. The van der Waals surface area contributed by atoms with Crippen LogP contribution in [-0.4, -0.2) is 54.8 Å². The topological polar surface area (TPSA) is 97.0 Å². The molecule has 2 heterocycles. The molecule has 0 aliphatic carbocycles. The highest BCUT2D eigenvalue weighted by Gasteiger charge is 2.43. The van der Waals surface area contributed by atoms with Gasteiger partial charge in [-0.3, -0.25) is 4.79 Å². The first-order valence-corrected chi connectivity index (χ1v) is 7.33. The molecule has 2 aliphatic heterocycles. The molecule has 0 unspecified atom stereocenters. The zero-order valence-electron chi connectivity index (χ0n) is 12.4. The number of carbonyl (C=O) groups is 3. The van der Waals surface area contributed by atoms with Crippen LogP contribution in [0, 0.1) is 0 Å². The van der Waals surface area contributed by atoms with Crippen LogP contribution in [0.25, 0.3) is 0 Å². The first-order valence-electron chi connectivity index (χ1n) is 7.33. The SMILES string of the molecule is O=C(N[C@@H]1C(=O)N[C@@H]1CN1CCOC1=O)OCc1ccccc1. The van der Waals surface area contributed by atoms with Crippen molar-refractivity contribution in [1.29, 1.82) is 0 Å². The van der Waals surface area contributed by atoms with E-state index in [0.29, 0.717) is 19.7 Å². The molecule has 2 atom stereocenters. The van der Waals surface area contributed by atoms with Gasteiger partial charge in [0.2, 0.25) is 5.91 Å². The molecule has 0 saturated carbocycles. The van der Waals surface area contributed by atoms with E-state index in [2.05, 4.69) is 10.6 Å². The van der Waals surface area contributed by atoms with Crippen LogP contribution in [0.4, 0.5) is 9.59 Å². The Bertz CT molecular complexity index is 606. The summed E-state index contributed by atoms with van der Waals surface area (Å²) in [5, 5.41) is 5.18. The third-order valence-electron chi connectivity index (χ3n) is 3.76. The van der Waals surface area contributed by atoms with Gasteiger partial charge in [0.05, 0.1) is 12.6 Å². The number of benzene rings is 1. The molecular formula is C15H17N3O5. The molecule has 0 bridgehead atoms. The zero-order valence-corrected chi connectivity index (χ0v) is 12.4. The fraction of sp³-hybridized carbons (Fsp3) is 0.400. The number of hydrogen-bond donors (Lipinski definition) is 2. The summed E-state index contributed by atoms with van der Waals surface area (Å²) < 4.78 is 9.91. The molecule has 23 heavy (non-hydrogen) atoms. The third kappa shape index (κ3) is 3.53. The Morgan fingerprint density at radius 1 is 1.35 bits per heavy atom. The molecule has 0 radical (unpaired) electrons. The van der Waals surface area contributed by atoms with E-state index in [4.69, 9.17) is 9.47 Å². The van der Waals surface area contributed by atoms with Crippen molar-refractivity contribution >= 4 is 18.1 Å². The highest BCUT2D eigenvalue weighted by molar-refractivity contribution is 5.92. The number of nitrogens with one attached hydrogen (secondary N) is 2. The molecule has 2 aliphatic rings. The lowest BCUT2D eigenvalue weighted by Gasteiger charge is -2.38. The molecule has 0 spiro atoms. The number of carbonyl (C=O) groups excluding carboxylic acids is 3. The molecule has 2 fully saturated rings. The lowest BCUT2D eigenvalue weighted by Crippen LogP contribution is -2.71. The van der Waals surface area contributed by atoms with Crippen molar-refractivity contribution < 1.29 is 23.9 Å². The van der Waals surface area contributed by atoms with Crippen LogP contribution in [-0.2, 0) is 20.9 Å². The van der Waals surface area contributed by atoms with Gasteiger partial charge in [-0.2, -0.15) is 0 Å². The molecule has 2 saturated heterocycles. The lowest BCUT2D eigenvalue weighted by atomic mass is 9.99. The van der Waals surface area contributed by atoms with Gasteiger partial charge < -0.3 is 25.0 Å². The van der Waals surface area contributed by atoms with E-state index in [1.165, 1.54) is 4.90 Å². The Hall–Kier alpha value is -2.77. The Kier molecular flexibility index (Phi) is 4.31. The van der Waals surface area contributed by atoms with E-state index in [-0.39, 0.29) is 18.6 Å². The second kappa shape index (κ2) is 6.55. The molecule has 1 aromatic rings. The van der Waals surface area contributed by atoms with Gasteiger partial charge in [0, 0.05) is 6.54 Å². The maximum absolute atomic E-state index is 11.8. The molecule has 3 amide bonds. The number of amides is 3. The Morgan fingerprint density at radius 3 is 2.78 bits per heavy atom. The predicted molar refractivity (Wildman–Crippen MR) is 78.4 cm³/mol. The number of nitrogens with zero attached hydrogens (tertiary/aromatic N) is 1. The third-order valence-corrected chi connectivity index (χ3v) is 3.76. The van der Waals surface area contributed by atoms with Crippen LogP contribution in [0.3, 0.4) is 0 Å². The highest BCUT2D eigenvalue weighted by atomic mass is 16.6. The number of ether oxygens (including phenoxy) is 2. The highest BCUT2D eigenvalue weighted by Crippen LogP contribution is 2.12. The Morgan fingerprint density at radius 2 is 2.13 bits per heavy atom. The normalized spacial score (nSPS) is 22.9. The van der Waals surface area contributed by atoms with Crippen LogP contribution in [0.5, 0.6) is 0 Å². The van der Waals surface area contributed by atoms with Gasteiger partial charge in [-0.15, -0.1) is 0 Å². The molecule has 0 aromatic heterocycles. The zero-order chi connectivity index (χ0) is 16.2. The van der Waals surface area contributed by atoms with E-state index < -0.39 is 18.2 Å². The fourth-order valence-corrected chi connectivity index (χ4v) is 2.48. The quantitative estimate of drug-likeness (QED) is 0.757. The van der Waals surface area contributed by atoms with Crippen molar-refractivity contribution in [3.8, 4) is 0 Å².